The van der Waals surface area contributed by atoms with E-state index < -0.39 is 5.97 Å². The number of hydrogen-bond acceptors (Lipinski definition) is 4. The maximum absolute atomic E-state index is 10.5. The van der Waals surface area contributed by atoms with Crippen molar-refractivity contribution in [2.75, 3.05) is 18.1 Å². The van der Waals surface area contributed by atoms with Crippen LogP contribution in [0.25, 0.3) is 6.08 Å². The minimum absolute atomic E-state index is 0.561. The monoisotopic (exact) mass is 281 g/mol. The van der Waals surface area contributed by atoms with E-state index in [4.69, 9.17) is 9.84 Å². The molecule has 0 aliphatic rings. The maximum atomic E-state index is 10.5. The molecule has 0 radical (unpaired) electrons. The van der Waals surface area contributed by atoms with Gasteiger partial charge in [0.05, 0.1) is 6.61 Å². The Labute approximate surface area is 117 Å². The zero-order valence-corrected chi connectivity index (χ0v) is 12.1. The molecule has 1 aromatic rings. The van der Waals surface area contributed by atoms with Gasteiger partial charge in [-0.3, -0.25) is 0 Å². The van der Waals surface area contributed by atoms with Crippen LogP contribution in [0.2, 0.25) is 0 Å². The van der Waals surface area contributed by atoms with Crippen molar-refractivity contribution in [3.63, 3.8) is 0 Å². The second-order valence-corrected chi connectivity index (χ2v) is 5.30. The van der Waals surface area contributed by atoms with Crippen LogP contribution >= 0.6 is 11.8 Å². The molecule has 0 amide bonds. The molecule has 5 heteroatoms. The third kappa shape index (κ3) is 6.29. The van der Waals surface area contributed by atoms with E-state index in [1.54, 1.807) is 0 Å². The average molecular weight is 281 g/mol. The number of thioether (sulfide) groups is 1. The zero-order chi connectivity index (χ0) is 14.1. The molecular weight excluding hydrogens is 262 g/mol. The first-order valence-corrected chi connectivity index (χ1v) is 7.38. The molecule has 0 spiro atoms. The van der Waals surface area contributed by atoms with Gasteiger partial charge in [-0.05, 0) is 43.1 Å². The van der Waals surface area contributed by atoms with Gasteiger partial charge in [-0.25, -0.2) is 9.78 Å². The van der Waals surface area contributed by atoms with Crippen molar-refractivity contribution in [2.24, 2.45) is 0 Å². The summed E-state index contributed by atoms with van der Waals surface area (Å²) < 4.78 is 5.65. The van der Waals surface area contributed by atoms with E-state index in [-0.39, 0.29) is 0 Å². The molecule has 0 aliphatic heterocycles. The molecule has 1 N–H and O–H groups in total. The molecule has 104 valence electrons. The number of hydrogen-bond donors (Lipinski definition) is 1. The summed E-state index contributed by atoms with van der Waals surface area (Å²) >= 11 is 1.88. The number of aliphatic carboxylic acids is 1. The molecule has 0 atom stereocenters. The van der Waals surface area contributed by atoms with Gasteiger partial charge in [-0.2, -0.15) is 11.8 Å². The van der Waals surface area contributed by atoms with Crippen LogP contribution in [0.15, 0.2) is 18.2 Å². The molecule has 0 bridgehead atoms. The summed E-state index contributed by atoms with van der Waals surface area (Å²) in [7, 11) is 0. The number of carboxylic acids is 1. The Hall–Kier alpha value is -1.49. The summed E-state index contributed by atoms with van der Waals surface area (Å²) in [4.78, 5) is 14.8. The predicted molar refractivity (Wildman–Crippen MR) is 78.8 cm³/mol. The molecular formula is C14H19NO3S. The summed E-state index contributed by atoms with van der Waals surface area (Å²) in [6, 6.07) is 3.69. The lowest BCUT2D eigenvalue weighted by Gasteiger charge is -2.09. The third-order valence-electron chi connectivity index (χ3n) is 2.30. The summed E-state index contributed by atoms with van der Waals surface area (Å²) in [6.45, 7) is 4.61. The van der Waals surface area contributed by atoms with Crippen molar-refractivity contribution in [1.82, 2.24) is 4.98 Å². The minimum atomic E-state index is -0.992. The number of carbonyl (C=O) groups is 1. The molecule has 1 heterocycles. The summed E-state index contributed by atoms with van der Waals surface area (Å²) in [5, 5.41) is 8.65. The lowest BCUT2D eigenvalue weighted by Crippen LogP contribution is -2.02. The molecule has 0 aliphatic carbocycles. The van der Waals surface area contributed by atoms with Crippen molar-refractivity contribution in [2.45, 2.75) is 20.3 Å². The SMILES string of the molecule is CCSCCCOc1ccc(C)nc1/C=C/C(=O)O. The van der Waals surface area contributed by atoms with Crippen molar-refractivity contribution >= 4 is 23.8 Å². The number of aryl methyl sites for hydroxylation is 1. The molecule has 4 nitrogen and oxygen atoms in total. The van der Waals surface area contributed by atoms with Crippen molar-refractivity contribution in [3.8, 4) is 5.75 Å². The van der Waals surface area contributed by atoms with E-state index in [1.807, 2.05) is 30.8 Å². The van der Waals surface area contributed by atoms with E-state index in [9.17, 15) is 4.79 Å². The number of carboxylic acid groups (broad SMARTS) is 1. The Morgan fingerprint density at radius 3 is 3.00 bits per heavy atom. The van der Waals surface area contributed by atoms with Crippen LogP contribution in [0, 0.1) is 6.92 Å². The maximum Gasteiger partial charge on any atom is 0.328 e. The fraction of sp³-hybridized carbons (Fsp3) is 0.429. The normalized spacial score (nSPS) is 10.8. The summed E-state index contributed by atoms with van der Waals surface area (Å²) in [5.41, 5.74) is 1.39. The van der Waals surface area contributed by atoms with Crippen molar-refractivity contribution in [1.29, 1.82) is 0 Å². The highest BCUT2D eigenvalue weighted by Crippen LogP contribution is 2.19. The van der Waals surface area contributed by atoms with E-state index in [1.165, 1.54) is 6.08 Å². The highest BCUT2D eigenvalue weighted by molar-refractivity contribution is 7.99. The van der Waals surface area contributed by atoms with Gasteiger partial charge in [-0.15, -0.1) is 0 Å². The van der Waals surface area contributed by atoms with Gasteiger partial charge < -0.3 is 9.84 Å². The molecule has 0 saturated carbocycles. The standard InChI is InChI=1S/C14H19NO3S/c1-3-19-10-4-9-18-13-7-5-11(2)15-12(13)6-8-14(16)17/h5-8H,3-4,9-10H2,1-2H3,(H,16,17)/b8-6+. The molecule has 0 unspecified atom stereocenters. The van der Waals surface area contributed by atoms with Gasteiger partial charge in [0.2, 0.25) is 0 Å². The Morgan fingerprint density at radius 1 is 1.53 bits per heavy atom. The van der Waals surface area contributed by atoms with Gasteiger partial charge in [0.25, 0.3) is 0 Å². The molecule has 1 rings (SSSR count). The van der Waals surface area contributed by atoms with Gasteiger partial charge in [-0.1, -0.05) is 6.92 Å². The van der Waals surface area contributed by atoms with E-state index in [0.717, 1.165) is 29.7 Å². The number of ether oxygens (including phenoxy) is 1. The van der Waals surface area contributed by atoms with Crippen LogP contribution < -0.4 is 4.74 Å². The highest BCUT2D eigenvalue weighted by Gasteiger charge is 2.03. The van der Waals surface area contributed by atoms with Gasteiger partial charge in [0, 0.05) is 11.8 Å². The largest absolute Gasteiger partial charge is 0.491 e. The Balaban J connectivity index is 2.63. The van der Waals surface area contributed by atoms with Crippen LogP contribution in [0.3, 0.4) is 0 Å². The van der Waals surface area contributed by atoms with Crippen LogP contribution in [0.5, 0.6) is 5.75 Å². The number of pyridine rings is 1. The lowest BCUT2D eigenvalue weighted by atomic mass is 10.2. The predicted octanol–water partition coefficient (Wildman–Crippen LogP) is 3.01. The van der Waals surface area contributed by atoms with Gasteiger partial charge in [0.15, 0.2) is 0 Å². The first-order valence-electron chi connectivity index (χ1n) is 6.22. The average Bonchev–Trinajstić information content (AvgIpc) is 2.38. The zero-order valence-electron chi connectivity index (χ0n) is 11.3. The second-order valence-electron chi connectivity index (χ2n) is 3.91. The Morgan fingerprint density at radius 2 is 2.32 bits per heavy atom. The minimum Gasteiger partial charge on any atom is -0.491 e. The van der Waals surface area contributed by atoms with Crippen LogP contribution in [-0.2, 0) is 4.79 Å². The third-order valence-corrected chi connectivity index (χ3v) is 3.29. The first kappa shape index (κ1) is 15.6. The van der Waals surface area contributed by atoms with Crippen molar-refractivity contribution in [3.05, 3.63) is 29.6 Å². The fourth-order valence-electron chi connectivity index (χ4n) is 1.44. The number of aromatic nitrogens is 1. The second kappa shape index (κ2) is 8.58. The quantitative estimate of drug-likeness (QED) is 0.586. The Bertz CT molecular complexity index is 446. The molecule has 1 aromatic heterocycles. The van der Waals surface area contributed by atoms with Crippen LogP contribution in [-0.4, -0.2) is 34.2 Å². The van der Waals surface area contributed by atoms with E-state index in [2.05, 4.69) is 11.9 Å². The highest BCUT2D eigenvalue weighted by atomic mass is 32.2. The van der Waals surface area contributed by atoms with Gasteiger partial charge >= 0.3 is 5.97 Å². The smallest absolute Gasteiger partial charge is 0.328 e. The molecule has 0 fully saturated rings. The summed E-state index contributed by atoms with van der Waals surface area (Å²) in [5.74, 6) is 1.81. The van der Waals surface area contributed by atoms with Gasteiger partial charge in [0.1, 0.15) is 11.4 Å². The number of rotatable bonds is 8. The van der Waals surface area contributed by atoms with E-state index in [0.29, 0.717) is 18.1 Å². The van der Waals surface area contributed by atoms with Crippen LogP contribution in [0.1, 0.15) is 24.7 Å². The topological polar surface area (TPSA) is 59.4 Å². The molecule has 19 heavy (non-hydrogen) atoms. The van der Waals surface area contributed by atoms with E-state index >= 15 is 0 Å². The Kier molecular flexibility index (Phi) is 7.03. The fourth-order valence-corrected chi connectivity index (χ4v) is 2.05. The van der Waals surface area contributed by atoms with Crippen LogP contribution in [0.4, 0.5) is 0 Å². The molecule has 0 saturated heterocycles. The lowest BCUT2D eigenvalue weighted by molar-refractivity contribution is -0.131. The number of nitrogens with zero attached hydrogens (tertiary/aromatic N) is 1. The summed E-state index contributed by atoms with van der Waals surface area (Å²) in [6.07, 6.45) is 3.50. The first-order chi connectivity index (χ1) is 9.13. The molecule has 0 aromatic carbocycles. The van der Waals surface area contributed by atoms with Crippen molar-refractivity contribution < 1.29 is 14.6 Å².